The number of carbonyl (C=O) groups excluding carboxylic acids is 1. The number of allylic oxidation sites excluding steroid dienone is 1. The second kappa shape index (κ2) is 7.67. The Morgan fingerprint density at radius 1 is 1.30 bits per heavy atom. The summed E-state index contributed by atoms with van der Waals surface area (Å²) in [7, 11) is 1.64. The van der Waals surface area contributed by atoms with Crippen molar-refractivity contribution >= 4 is 6.09 Å². The highest BCUT2D eigenvalue weighted by atomic mass is 16.7. The summed E-state index contributed by atoms with van der Waals surface area (Å²) in [5, 5.41) is 3.20. The van der Waals surface area contributed by atoms with Crippen LogP contribution in [-0.2, 0) is 14.2 Å². The molecular formula is C18H31NO4. The zero-order chi connectivity index (χ0) is 16.9. The number of hydrogen-bond donors (Lipinski definition) is 1. The Morgan fingerprint density at radius 2 is 2.04 bits per heavy atom. The standard InChI is InChI=1S/C18H31NO4/c1-17(2,3)23-16(20)19-18-11-7-5-6-9-14(18)15(10-8-12-18)22-13-21-4/h6,9,14-15H,5,7-8,10-13H2,1-4H3,(H,19,20)/t14?,15-,18+/m0/s1. The van der Waals surface area contributed by atoms with E-state index in [0.717, 1.165) is 38.5 Å². The van der Waals surface area contributed by atoms with E-state index in [1.807, 2.05) is 20.8 Å². The van der Waals surface area contributed by atoms with E-state index >= 15 is 0 Å². The fraction of sp³-hybridized carbons (Fsp3) is 0.833. The van der Waals surface area contributed by atoms with Crippen LogP contribution in [0.15, 0.2) is 12.2 Å². The van der Waals surface area contributed by atoms with Crippen molar-refractivity contribution in [3.63, 3.8) is 0 Å². The van der Waals surface area contributed by atoms with Crippen LogP contribution >= 0.6 is 0 Å². The number of fused-ring (bicyclic) bond motifs is 1. The minimum absolute atomic E-state index is 0.0768. The first-order valence-corrected chi connectivity index (χ1v) is 8.65. The van der Waals surface area contributed by atoms with E-state index in [1.165, 1.54) is 0 Å². The average molecular weight is 325 g/mol. The van der Waals surface area contributed by atoms with Gasteiger partial charge in [0.1, 0.15) is 12.4 Å². The third-order valence-corrected chi connectivity index (χ3v) is 4.64. The van der Waals surface area contributed by atoms with Gasteiger partial charge < -0.3 is 19.5 Å². The van der Waals surface area contributed by atoms with Gasteiger partial charge in [0.25, 0.3) is 0 Å². The Hall–Kier alpha value is -1.07. The van der Waals surface area contributed by atoms with E-state index in [4.69, 9.17) is 14.2 Å². The molecule has 2 aliphatic rings. The largest absolute Gasteiger partial charge is 0.444 e. The van der Waals surface area contributed by atoms with Crippen molar-refractivity contribution < 1.29 is 19.0 Å². The topological polar surface area (TPSA) is 56.8 Å². The number of amides is 1. The summed E-state index contributed by atoms with van der Waals surface area (Å²) in [4.78, 5) is 12.4. The Balaban J connectivity index is 2.16. The van der Waals surface area contributed by atoms with Gasteiger partial charge in [-0.05, 0) is 59.3 Å². The van der Waals surface area contributed by atoms with E-state index in [1.54, 1.807) is 7.11 Å². The third-order valence-electron chi connectivity index (χ3n) is 4.64. The van der Waals surface area contributed by atoms with E-state index in [2.05, 4.69) is 17.5 Å². The molecule has 0 aromatic rings. The molecule has 5 nitrogen and oxygen atoms in total. The zero-order valence-corrected chi connectivity index (χ0v) is 14.9. The van der Waals surface area contributed by atoms with Crippen LogP contribution in [0.5, 0.6) is 0 Å². The van der Waals surface area contributed by atoms with Gasteiger partial charge >= 0.3 is 6.09 Å². The van der Waals surface area contributed by atoms with Gasteiger partial charge in [-0.15, -0.1) is 0 Å². The predicted octanol–water partition coefficient (Wildman–Crippen LogP) is 3.78. The van der Waals surface area contributed by atoms with E-state index in [9.17, 15) is 4.79 Å². The van der Waals surface area contributed by atoms with Gasteiger partial charge in [0, 0.05) is 13.0 Å². The summed E-state index contributed by atoms with van der Waals surface area (Å²) >= 11 is 0. The Labute approximate surface area is 139 Å². The Bertz CT molecular complexity index is 429. The summed E-state index contributed by atoms with van der Waals surface area (Å²) in [5.41, 5.74) is -0.761. The lowest BCUT2D eigenvalue weighted by molar-refractivity contribution is -0.111. The van der Waals surface area contributed by atoms with Gasteiger partial charge in [-0.1, -0.05) is 12.2 Å². The number of nitrogens with one attached hydrogen (secondary N) is 1. The molecule has 5 heteroatoms. The van der Waals surface area contributed by atoms with Crippen molar-refractivity contribution in [2.75, 3.05) is 13.9 Å². The lowest BCUT2D eigenvalue weighted by Crippen LogP contribution is -2.59. The molecule has 1 N–H and O–H groups in total. The molecule has 132 valence electrons. The molecule has 0 aliphatic heterocycles. The van der Waals surface area contributed by atoms with Gasteiger partial charge in [0.05, 0.1) is 11.6 Å². The monoisotopic (exact) mass is 325 g/mol. The maximum absolute atomic E-state index is 12.4. The summed E-state index contributed by atoms with van der Waals surface area (Å²) in [6.45, 7) is 5.96. The molecule has 0 aromatic heterocycles. The van der Waals surface area contributed by atoms with Crippen molar-refractivity contribution in [3.8, 4) is 0 Å². The molecule has 23 heavy (non-hydrogen) atoms. The van der Waals surface area contributed by atoms with E-state index in [-0.39, 0.29) is 30.4 Å². The zero-order valence-electron chi connectivity index (χ0n) is 14.9. The van der Waals surface area contributed by atoms with E-state index < -0.39 is 5.60 Å². The smallest absolute Gasteiger partial charge is 0.408 e. The van der Waals surface area contributed by atoms with Crippen LogP contribution in [0.3, 0.4) is 0 Å². The first kappa shape index (κ1) is 18.3. The highest BCUT2D eigenvalue weighted by Gasteiger charge is 2.46. The predicted molar refractivity (Wildman–Crippen MR) is 89.2 cm³/mol. The van der Waals surface area contributed by atoms with Crippen LogP contribution in [0.1, 0.15) is 59.3 Å². The molecule has 0 aromatic carbocycles. The maximum Gasteiger partial charge on any atom is 0.408 e. The maximum atomic E-state index is 12.4. The fourth-order valence-electron chi connectivity index (χ4n) is 3.76. The molecule has 0 spiro atoms. The van der Waals surface area contributed by atoms with E-state index in [0.29, 0.717) is 0 Å². The minimum atomic E-state index is -0.489. The SMILES string of the molecule is COCO[C@H]1CCC[C@]2(NC(=O)OC(C)(C)C)CCCC=CC12. The van der Waals surface area contributed by atoms with Gasteiger partial charge in [0.15, 0.2) is 0 Å². The quantitative estimate of drug-likeness (QED) is 0.631. The molecule has 1 unspecified atom stereocenters. The number of ether oxygens (including phenoxy) is 3. The lowest BCUT2D eigenvalue weighted by Gasteiger charge is -2.46. The van der Waals surface area contributed by atoms with Crippen LogP contribution in [0.2, 0.25) is 0 Å². The van der Waals surface area contributed by atoms with Crippen molar-refractivity contribution in [2.45, 2.75) is 76.5 Å². The highest BCUT2D eigenvalue weighted by Crippen LogP contribution is 2.42. The van der Waals surface area contributed by atoms with Gasteiger partial charge in [-0.3, -0.25) is 0 Å². The molecule has 1 fully saturated rings. The molecule has 0 radical (unpaired) electrons. The van der Waals surface area contributed by atoms with Gasteiger partial charge in [-0.2, -0.15) is 0 Å². The average Bonchev–Trinajstić information content (AvgIpc) is 2.65. The van der Waals surface area contributed by atoms with Crippen molar-refractivity contribution in [1.82, 2.24) is 5.32 Å². The van der Waals surface area contributed by atoms with Crippen LogP contribution in [0.4, 0.5) is 4.79 Å². The highest BCUT2D eigenvalue weighted by molar-refractivity contribution is 5.69. The van der Waals surface area contributed by atoms with Crippen LogP contribution in [0, 0.1) is 5.92 Å². The number of hydrogen-bond acceptors (Lipinski definition) is 4. The minimum Gasteiger partial charge on any atom is -0.444 e. The fourth-order valence-corrected chi connectivity index (χ4v) is 3.76. The molecule has 0 bridgehead atoms. The number of rotatable bonds is 4. The number of carbonyl (C=O) groups is 1. The molecule has 1 saturated carbocycles. The lowest BCUT2D eigenvalue weighted by atomic mass is 9.69. The van der Waals surface area contributed by atoms with Crippen molar-refractivity contribution in [1.29, 1.82) is 0 Å². The van der Waals surface area contributed by atoms with Crippen LogP contribution < -0.4 is 5.32 Å². The molecule has 3 atom stereocenters. The second-order valence-electron chi connectivity index (χ2n) is 7.63. The normalized spacial score (nSPS) is 31.1. The first-order chi connectivity index (χ1) is 10.9. The summed E-state index contributed by atoms with van der Waals surface area (Å²) in [5.74, 6) is 0.168. The molecule has 0 heterocycles. The molecule has 1 amide bonds. The van der Waals surface area contributed by atoms with Crippen molar-refractivity contribution in [3.05, 3.63) is 12.2 Å². The van der Waals surface area contributed by atoms with Crippen molar-refractivity contribution in [2.24, 2.45) is 5.92 Å². The summed E-state index contributed by atoms with van der Waals surface area (Å²) < 4.78 is 16.5. The second-order valence-corrected chi connectivity index (χ2v) is 7.63. The van der Waals surface area contributed by atoms with Gasteiger partial charge in [0.2, 0.25) is 0 Å². The molecule has 0 saturated heterocycles. The Kier molecular flexibility index (Phi) is 6.09. The molecule has 2 rings (SSSR count). The first-order valence-electron chi connectivity index (χ1n) is 8.65. The Morgan fingerprint density at radius 3 is 2.74 bits per heavy atom. The van der Waals surface area contributed by atoms with Crippen LogP contribution in [-0.4, -0.2) is 37.2 Å². The third kappa shape index (κ3) is 4.95. The number of methoxy groups -OCH3 is 1. The summed E-state index contributed by atoms with van der Waals surface area (Å²) in [6.07, 6.45) is 10.3. The van der Waals surface area contributed by atoms with Crippen LogP contribution in [0.25, 0.3) is 0 Å². The molecule has 2 aliphatic carbocycles. The van der Waals surface area contributed by atoms with Gasteiger partial charge in [-0.25, -0.2) is 4.79 Å². The number of alkyl carbamates (subject to hydrolysis) is 1. The molecular weight excluding hydrogens is 294 g/mol. The summed E-state index contributed by atoms with van der Waals surface area (Å²) in [6, 6.07) is 0.